The summed E-state index contributed by atoms with van der Waals surface area (Å²) < 4.78 is 40.9. The van der Waals surface area contributed by atoms with Gasteiger partial charge < -0.3 is 14.4 Å². The molecule has 1 N–H and O–H groups in total. The molecule has 10 heteroatoms. The van der Waals surface area contributed by atoms with E-state index in [0.717, 1.165) is 23.5 Å². The third-order valence-corrected chi connectivity index (χ3v) is 7.75. The average molecular weight is 511 g/mol. The van der Waals surface area contributed by atoms with Gasteiger partial charge >= 0.3 is 0 Å². The molecule has 0 unspecified atom stereocenters. The molecule has 0 saturated carbocycles. The highest BCUT2D eigenvalue weighted by Crippen LogP contribution is 2.34. The van der Waals surface area contributed by atoms with E-state index in [1.807, 2.05) is 25.2 Å². The minimum absolute atomic E-state index is 0.0817. The Hall–Kier alpha value is -3.56. The Morgan fingerprint density at radius 1 is 1.20 bits per heavy atom. The molecule has 0 amide bonds. The first-order chi connectivity index (χ1) is 16.8. The zero-order chi connectivity index (χ0) is 24.6. The molecule has 0 aliphatic carbocycles. The van der Waals surface area contributed by atoms with E-state index in [-0.39, 0.29) is 23.1 Å². The summed E-state index contributed by atoms with van der Waals surface area (Å²) in [6, 6.07) is 14.0. The second-order valence-electron chi connectivity index (χ2n) is 8.24. The van der Waals surface area contributed by atoms with E-state index in [0.29, 0.717) is 28.1 Å². The maximum Gasteiger partial charge on any atom is 0.262 e. The number of rotatable bonds is 6. The van der Waals surface area contributed by atoms with E-state index in [2.05, 4.69) is 19.6 Å². The normalized spacial score (nSPS) is 13.3. The van der Waals surface area contributed by atoms with Gasteiger partial charge in [-0.05, 0) is 54.4 Å². The fourth-order valence-electron chi connectivity index (χ4n) is 3.90. The van der Waals surface area contributed by atoms with Crippen molar-refractivity contribution >= 4 is 43.9 Å². The van der Waals surface area contributed by atoms with Crippen molar-refractivity contribution in [3.05, 3.63) is 77.1 Å². The Morgan fingerprint density at radius 2 is 2.06 bits per heavy atom. The lowest BCUT2D eigenvalue weighted by atomic mass is 10.1. The number of likely N-dealkylation sites (N-methyl/N-ethyl adjacent to an activating group) is 1. The van der Waals surface area contributed by atoms with E-state index >= 15 is 0 Å². The van der Waals surface area contributed by atoms with Crippen LogP contribution in [0.3, 0.4) is 0 Å². The number of pyridine rings is 2. The van der Waals surface area contributed by atoms with E-state index in [1.165, 1.54) is 6.07 Å². The fraction of sp³-hybridized carbons (Fsp3) is 0.200. The van der Waals surface area contributed by atoms with Crippen molar-refractivity contribution in [2.75, 3.05) is 29.8 Å². The van der Waals surface area contributed by atoms with Gasteiger partial charge in [-0.25, -0.2) is 13.4 Å². The molecular weight excluding hydrogens is 488 g/mol. The summed E-state index contributed by atoms with van der Waals surface area (Å²) in [5.41, 5.74) is 3.18. The van der Waals surface area contributed by atoms with Gasteiger partial charge in [-0.15, -0.1) is 0 Å². The molecule has 0 atom stereocenters. The second-order valence-corrected chi connectivity index (χ2v) is 10.3. The molecule has 2 aromatic carbocycles. The number of fused-ring (bicyclic) bond motifs is 2. The zero-order valence-corrected chi connectivity index (χ0v) is 20.7. The number of anilines is 2. The highest BCUT2D eigenvalue weighted by molar-refractivity contribution is 7.92. The lowest BCUT2D eigenvalue weighted by Gasteiger charge is -2.28. The summed E-state index contributed by atoms with van der Waals surface area (Å²) in [5, 5.41) is 1.04. The van der Waals surface area contributed by atoms with Gasteiger partial charge in [0.05, 0.1) is 22.6 Å². The summed E-state index contributed by atoms with van der Waals surface area (Å²) in [6.45, 7) is 3.28. The monoisotopic (exact) mass is 510 g/mol. The van der Waals surface area contributed by atoms with E-state index in [9.17, 15) is 8.42 Å². The molecule has 0 fully saturated rings. The van der Waals surface area contributed by atoms with Crippen LogP contribution in [0.5, 0.6) is 11.6 Å². The molecule has 0 bridgehead atoms. The number of ether oxygens (including phenoxy) is 2. The molecule has 3 heterocycles. The summed E-state index contributed by atoms with van der Waals surface area (Å²) in [4.78, 5) is 10.9. The maximum atomic E-state index is 13.2. The minimum Gasteiger partial charge on any atom is -0.490 e. The van der Waals surface area contributed by atoms with Crippen LogP contribution in [0.1, 0.15) is 11.1 Å². The molecule has 35 heavy (non-hydrogen) atoms. The number of hydrogen-bond acceptors (Lipinski definition) is 7. The first-order valence-corrected chi connectivity index (χ1v) is 12.8. The van der Waals surface area contributed by atoms with Gasteiger partial charge in [0, 0.05) is 29.9 Å². The van der Waals surface area contributed by atoms with Crippen LogP contribution in [0, 0.1) is 6.92 Å². The number of sulfonamides is 1. The second kappa shape index (κ2) is 9.24. The minimum atomic E-state index is -3.96. The number of halogens is 1. The van der Waals surface area contributed by atoms with E-state index in [4.69, 9.17) is 21.1 Å². The van der Waals surface area contributed by atoms with Crippen LogP contribution in [-0.2, 0) is 16.6 Å². The van der Waals surface area contributed by atoms with Crippen molar-refractivity contribution in [1.82, 2.24) is 9.97 Å². The zero-order valence-electron chi connectivity index (χ0n) is 19.2. The average Bonchev–Trinajstić information content (AvgIpc) is 2.84. The quantitative estimate of drug-likeness (QED) is 0.398. The first-order valence-electron chi connectivity index (χ1n) is 10.9. The van der Waals surface area contributed by atoms with Gasteiger partial charge in [0.1, 0.15) is 24.7 Å². The fourth-order valence-corrected chi connectivity index (χ4v) is 5.45. The Bertz CT molecular complexity index is 1530. The van der Waals surface area contributed by atoms with Crippen LogP contribution < -0.4 is 19.1 Å². The van der Waals surface area contributed by atoms with Crippen molar-refractivity contribution in [1.29, 1.82) is 0 Å². The van der Waals surface area contributed by atoms with Crippen LogP contribution in [0.4, 0.5) is 11.4 Å². The molecule has 0 saturated heterocycles. The van der Waals surface area contributed by atoms with Crippen LogP contribution in [0.25, 0.3) is 10.9 Å². The van der Waals surface area contributed by atoms with E-state index in [1.54, 1.807) is 43.6 Å². The van der Waals surface area contributed by atoms with Crippen molar-refractivity contribution < 1.29 is 17.9 Å². The van der Waals surface area contributed by atoms with E-state index < -0.39 is 10.0 Å². The van der Waals surface area contributed by atoms with Crippen molar-refractivity contribution in [2.24, 2.45) is 0 Å². The Kier molecular flexibility index (Phi) is 6.12. The highest BCUT2D eigenvalue weighted by Gasteiger charge is 2.22. The van der Waals surface area contributed by atoms with Gasteiger partial charge in [-0.1, -0.05) is 23.7 Å². The van der Waals surface area contributed by atoms with Crippen molar-refractivity contribution in [2.45, 2.75) is 18.4 Å². The molecule has 1 aliphatic rings. The molecule has 2 aromatic heterocycles. The molecule has 0 radical (unpaired) electrons. The molecule has 5 rings (SSSR count). The molecule has 180 valence electrons. The largest absolute Gasteiger partial charge is 0.490 e. The van der Waals surface area contributed by atoms with Gasteiger partial charge in [-0.2, -0.15) is 0 Å². The van der Waals surface area contributed by atoms with Gasteiger partial charge in [0.2, 0.25) is 5.88 Å². The van der Waals surface area contributed by atoms with Crippen molar-refractivity contribution in [3.63, 3.8) is 0 Å². The lowest BCUT2D eigenvalue weighted by molar-refractivity contribution is 0.291. The van der Waals surface area contributed by atoms with Crippen LogP contribution in [0.15, 0.2) is 65.8 Å². The Labute approximate surface area is 208 Å². The summed E-state index contributed by atoms with van der Waals surface area (Å²) in [6.07, 6.45) is 3.24. The SMILES string of the molecule is Cc1c(Cl)cccc1S(=O)(=O)Nc1cc2cnccc2nc1OCc1ccc2c(c1)OCCN2C. The molecule has 8 nitrogen and oxygen atoms in total. The van der Waals surface area contributed by atoms with Crippen LogP contribution in [0.2, 0.25) is 5.02 Å². The van der Waals surface area contributed by atoms with Crippen LogP contribution >= 0.6 is 11.6 Å². The highest BCUT2D eigenvalue weighted by atomic mass is 35.5. The standard InChI is InChI=1S/C25H23ClN4O4S/c1-16-19(26)4-3-5-24(16)35(31,32)29-21-13-18-14-27-9-8-20(18)28-25(21)34-15-17-6-7-22-23(12-17)33-11-10-30(22)2/h3-9,12-14,29H,10-11,15H2,1-2H3. The molecule has 1 aliphatic heterocycles. The number of nitrogens with zero attached hydrogens (tertiary/aromatic N) is 3. The molecule has 0 spiro atoms. The first kappa shape index (κ1) is 23.2. The number of aromatic nitrogens is 2. The molecular formula is C25H23ClN4O4S. The van der Waals surface area contributed by atoms with Gasteiger partial charge in [-0.3, -0.25) is 9.71 Å². The topological polar surface area (TPSA) is 93.7 Å². The smallest absolute Gasteiger partial charge is 0.262 e. The third-order valence-electron chi connectivity index (χ3n) is 5.83. The van der Waals surface area contributed by atoms with Gasteiger partial charge in [0.15, 0.2) is 0 Å². The lowest BCUT2D eigenvalue weighted by Crippen LogP contribution is -2.28. The van der Waals surface area contributed by atoms with Crippen molar-refractivity contribution in [3.8, 4) is 11.6 Å². The number of nitrogens with one attached hydrogen (secondary N) is 1. The Morgan fingerprint density at radius 3 is 2.91 bits per heavy atom. The summed E-state index contributed by atoms with van der Waals surface area (Å²) in [5.74, 6) is 0.942. The van der Waals surface area contributed by atoms with Crippen LogP contribution in [-0.4, -0.2) is 38.6 Å². The summed E-state index contributed by atoms with van der Waals surface area (Å²) >= 11 is 6.16. The number of benzene rings is 2. The maximum absolute atomic E-state index is 13.2. The molecule has 4 aromatic rings. The predicted octanol–water partition coefficient (Wildman–Crippen LogP) is 4.80. The Balaban J connectivity index is 1.48. The summed E-state index contributed by atoms with van der Waals surface area (Å²) in [7, 11) is -1.94. The number of hydrogen-bond donors (Lipinski definition) is 1. The third kappa shape index (κ3) is 4.69. The van der Waals surface area contributed by atoms with Gasteiger partial charge in [0.25, 0.3) is 10.0 Å². The predicted molar refractivity (Wildman–Crippen MR) is 136 cm³/mol.